The summed E-state index contributed by atoms with van der Waals surface area (Å²) in [6.45, 7) is 13.4. The molecule has 3 aromatic rings. The number of hydrogen-bond donors (Lipinski definition) is 2. The van der Waals surface area contributed by atoms with E-state index in [9.17, 15) is 4.79 Å². The van der Waals surface area contributed by atoms with Gasteiger partial charge in [0.1, 0.15) is 0 Å². The fraction of sp³-hybridized carbons (Fsp3) is 0.387. The van der Waals surface area contributed by atoms with Gasteiger partial charge in [0.05, 0.1) is 6.61 Å². The molecule has 0 aromatic heterocycles. The molecular weight excluding hydrogens is 446 g/mol. The monoisotopic (exact) mass is 485 g/mol. The van der Waals surface area contributed by atoms with Gasteiger partial charge in [-0.25, -0.2) is 0 Å². The van der Waals surface area contributed by atoms with Gasteiger partial charge in [-0.15, -0.1) is 0 Å². The number of hydrogen-bond acceptors (Lipinski definition) is 4. The topological polar surface area (TPSA) is 55.8 Å². The van der Waals surface area contributed by atoms with Crippen molar-refractivity contribution in [3.05, 3.63) is 83.4 Å². The van der Waals surface area contributed by atoms with E-state index in [0.29, 0.717) is 17.4 Å². The van der Waals surface area contributed by atoms with Gasteiger partial charge < -0.3 is 15.3 Å². The van der Waals surface area contributed by atoms with E-state index in [1.54, 1.807) is 0 Å². The molecule has 0 radical (unpaired) electrons. The highest BCUT2D eigenvalue weighted by Crippen LogP contribution is 2.34. The fourth-order valence-corrected chi connectivity index (χ4v) is 4.92. The molecule has 0 bridgehead atoms. The van der Waals surface area contributed by atoms with Crippen molar-refractivity contribution in [2.75, 3.05) is 49.5 Å². The molecule has 0 atom stereocenters. The van der Waals surface area contributed by atoms with Crippen molar-refractivity contribution < 1.29 is 9.90 Å². The average molecular weight is 486 g/mol. The molecular formula is C31H39N3O2. The van der Waals surface area contributed by atoms with Crippen LogP contribution in [0.2, 0.25) is 0 Å². The summed E-state index contributed by atoms with van der Waals surface area (Å²) in [6, 6.07) is 22.8. The molecule has 190 valence electrons. The summed E-state index contributed by atoms with van der Waals surface area (Å²) in [5, 5.41) is 12.3. The molecule has 0 saturated carbocycles. The van der Waals surface area contributed by atoms with Gasteiger partial charge in [-0.1, -0.05) is 64.1 Å². The van der Waals surface area contributed by atoms with E-state index in [4.69, 9.17) is 5.11 Å². The first-order valence-corrected chi connectivity index (χ1v) is 13.1. The first-order valence-electron chi connectivity index (χ1n) is 13.1. The minimum atomic E-state index is -0.0918. The molecule has 4 rings (SSSR count). The number of rotatable bonds is 8. The average Bonchev–Trinajstić information content (AvgIpc) is 2.89. The molecule has 1 fully saturated rings. The van der Waals surface area contributed by atoms with Crippen molar-refractivity contribution in [1.29, 1.82) is 0 Å². The Labute approximate surface area is 215 Å². The van der Waals surface area contributed by atoms with Gasteiger partial charge in [0.25, 0.3) is 5.91 Å². The van der Waals surface area contributed by atoms with Crippen LogP contribution in [0.15, 0.2) is 66.7 Å². The molecule has 1 amide bonds. The molecule has 0 aliphatic carbocycles. The Morgan fingerprint density at radius 1 is 0.861 bits per heavy atom. The van der Waals surface area contributed by atoms with Gasteiger partial charge in [0.2, 0.25) is 0 Å². The number of carbonyl (C=O) groups is 1. The molecule has 5 heteroatoms. The van der Waals surface area contributed by atoms with E-state index in [1.165, 1.54) is 11.1 Å². The lowest BCUT2D eigenvalue weighted by atomic mass is 9.87. The summed E-state index contributed by atoms with van der Waals surface area (Å²) >= 11 is 0. The van der Waals surface area contributed by atoms with Crippen LogP contribution in [0.1, 0.15) is 61.0 Å². The maximum atomic E-state index is 13.5. The zero-order valence-corrected chi connectivity index (χ0v) is 22.0. The van der Waals surface area contributed by atoms with Crippen molar-refractivity contribution in [2.24, 2.45) is 0 Å². The summed E-state index contributed by atoms with van der Waals surface area (Å²) in [5.74, 6) is 0.676. The maximum absolute atomic E-state index is 13.5. The largest absolute Gasteiger partial charge is 0.395 e. The second kappa shape index (κ2) is 11.7. The number of nitrogens with one attached hydrogen (secondary N) is 1. The van der Waals surface area contributed by atoms with Crippen LogP contribution in [0.5, 0.6) is 0 Å². The number of aliphatic hydroxyl groups excluding tert-OH is 1. The van der Waals surface area contributed by atoms with Crippen molar-refractivity contribution in [3.63, 3.8) is 0 Å². The number of piperazine rings is 1. The van der Waals surface area contributed by atoms with Crippen LogP contribution in [0.4, 0.5) is 11.4 Å². The standard InChI is InChI=1S/C31H39N3O2/c1-22(2)24-8-10-25(11-9-24)30-28(23(3)4)6-5-7-29(30)31(36)32-26-12-14-27(15-13-26)34-18-16-33(17-19-34)20-21-35/h5-15,22-23,35H,16-21H2,1-4H3,(H,32,36). The second-order valence-electron chi connectivity index (χ2n) is 10.3. The molecule has 1 heterocycles. The summed E-state index contributed by atoms with van der Waals surface area (Å²) in [5.41, 5.74) is 7.20. The summed E-state index contributed by atoms with van der Waals surface area (Å²) in [6.07, 6.45) is 0. The van der Waals surface area contributed by atoms with E-state index in [-0.39, 0.29) is 12.5 Å². The Hall–Kier alpha value is -3.15. The smallest absolute Gasteiger partial charge is 0.256 e. The van der Waals surface area contributed by atoms with Crippen molar-refractivity contribution in [1.82, 2.24) is 4.90 Å². The van der Waals surface area contributed by atoms with E-state index in [0.717, 1.165) is 55.2 Å². The molecule has 36 heavy (non-hydrogen) atoms. The highest BCUT2D eigenvalue weighted by atomic mass is 16.3. The van der Waals surface area contributed by atoms with Gasteiger partial charge in [0.15, 0.2) is 0 Å². The van der Waals surface area contributed by atoms with Crippen molar-refractivity contribution in [3.8, 4) is 11.1 Å². The van der Waals surface area contributed by atoms with Gasteiger partial charge in [0, 0.05) is 49.7 Å². The van der Waals surface area contributed by atoms with Crippen LogP contribution in [0, 0.1) is 0 Å². The minimum Gasteiger partial charge on any atom is -0.395 e. The molecule has 5 nitrogen and oxygen atoms in total. The zero-order valence-electron chi connectivity index (χ0n) is 22.0. The number of aliphatic hydroxyl groups is 1. The number of carbonyl (C=O) groups excluding carboxylic acids is 1. The lowest BCUT2D eigenvalue weighted by Gasteiger charge is -2.35. The van der Waals surface area contributed by atoms with Crippen LogP contribution in [0.3, 0.4) is 0 Å². The zero-order chi connectivity index (χ0) is 25.7. The fourth-order valence-electron chi connectivity index (χ4n) is 4.92. The third-order valence-corrected chi connectivity index (χ3v) is 7.11. The number of β-amino-alcohol motifs (C(OH)–C–C–N with tert-alkyl or cyclic N) is 1. The normalized spacial score (nSPS) is 14.5. The highest BCUT2D eigenvalue weighted by Gasteiger charge is 2.20. The van der Waals surface area contributed by atoms with E-state index in [2.05, 4.69) is 85.3 Å². The van der Waals surface area contributed by atoms with Gasteiger partial charge >= 0.3 is 0 Å². The Bertz CT molecular complexity index is 1150. The quantitative estimate of drug-likeness (QED) is 0.413. The van der Waals surface area contributed by atoms with Crippen molar-refractivity contribution in [2.45, 2.75) is 39.5 Å². The molecule has 2 N–H and O–H groups in total. The van der Waals surface area contributed by atoms with E-state index >= 15 is 0 Å². The van der Waals surface area contributed by atoms with Crippen LogP contribution in [-0.4, -0.2) is 55.2 Å². The molecule has 1 aliphatic heterocycles. The van der Waals surface area contributed by atoms with Crippen molar-refractivity contribution >= 4 is 17.3 Å². The second-order valence-corrected chi connectivity index (χ2v) is 10.3. The lowest BCUT2D eigenvalue weighted by molar-refractivity contribution is 0.102. The maximum Gasteiger partial charge on any atom is 0.256 e. The Kier molecular flexibility index (Phi) is 8.44. The Morgan fingerprint density at radius 3 is 2.11 bits per heavy atom. The van der Waals surface area contributed by atoms with E-state index in [1.807, 2.05) is 24.3 Å². The third-order valence-electron chi connectivity index (χ3n) is 7.11. The van der Waals surface area contributed by atoms with Gasteiger partial charge in [-0.2, -0.15) is 0 Å². The number of anilines is 2. The van der Waals surface area contributed by atoms with Crippen LogP contribution in [0.25, 0.3) is 11.1 Å². The van der Waals surface area contributed by atoms with Gasteiger partial charge in [-0.05, 0) is 64.4 Å². The van der Waals surface area contributed by atoms with Crippen LogP contribution < -0.4 is 10.2 Å². The molecule has 0 spiro atoms. The Balaban J connectivity index is 1.53. The molecule has 1 aliphatic rings. The first kappa shape index (κ1) is 25.9. The summed E-state index contributed by atoms with van der Waals surface area (Å²) in [7, 11) is 0. The van der Waals surface area contributed by atoms with E-state index < -0.39 is 0 Å². The molecule has 3 aromatic carbocycles. The van der Waals surface area contributed by atoms with Gasteiger partial charge in [-0.3, -0.25) is 9.69 Å². The molecule has 1 saturated heterocycles. The lowest BCUT2D eigenvalue weighted by Crippen LogP contribution is -2.47. The predicted molar refractivity (Wildman–Crippen MR) is 150 cm³/mol. The number of amides is 1. The summed E-state index contributed by atoms with van der Waals surface area (Å²) < 4.78 is 0. The SMILES string of the molecule is CC(C)c1ccc(-c2c(C(=O)Nc3ccc(N4CCN(CCO)CC4)cc3)cccc2C(C)C)cc1. The molecule has 0 unspecified atom stereocenters. The predicted octanol–water partition coefficient (Wildman–Crippen LogP) is 5.97. The third kappa shape index (κ3) is 5.97. The minimum absolute atomic E-state index is 0.0918. The number of benzene rings is 3. The highest BCUT2D eigenvalue weighted by molar-refractivity contribution is 6.09. The number of nitrogens with zero attached hydrogens (tertiary/aromatic N) is 2. The Morgan fingerprint density at radius 2 is 1.53 bits per heavy atom. The van der Waals surface area contributed by atoms with Crippen LogP contribution >= 0.6 is 0 Å². The van der Waals surface area contributed by atoms with Crippen LogP contribution in [-0.2, 0) is 0 Å². The first-order chi connectivity index (χ1) is 17.4. The summed E-state index contributed by atoms with van der Waals surface area (Å²) in [4.78, 5) is 18.1.